The summed E-state index contributed by atoms with van der Waals surface area (Å²) in [7, 11) is 0. The molecule has 2 aromatic carbocycles. The van der Waals surface area contributed by atoms with Crippen molar-refractivity contribution in [3.63, 3.8) is 0 Å². The van der Waals surface area contributed by atoms with Crippen LogP contribution in [0.5, 0.6) is 5.75 Å². The average molecular weight is 405 g/mol. The topological polar surface area (TPSA) is 92.8 Å². The van der Waals surface area contributed by atoms with Gasteiger partial charge in [-0.3, -0.25) is 14.4 Å². The zero-order valence-electron chi connectivity index (χ0n) is 15.6. The van der Waals surface area contributed by atoms with E-state index in [0.717, 1.165) is 0 Å². The fourth-order valence-electron chi connectivity index (χ4n) is 3.09. The highest BCUT2D eigenvalue weighted by Crippen LogP contribution is 2.15. The lowest BCUT2D eigenvalue weighted by Crippen LogP contribution is -2.26. The zero-order chi connectivity index (χ0) is 21.3. The SMILES string of the molecule is O=C(Nc1cn2ccn(Cc3ccc(F)cc3)c(=O)c2c(O)c1=O)c1ccccc1. The summed E-state index contributed by atoms with van der Waals surface area (Å²) in [6, 6.07) is 13.9. The van der Waals surface area contributed by atoms with Crippen molar-refractivity contribution in [3.8, 4) is 5.75 Å². The highest BCUT2D eigenvalue weighted by Gasteiger charge is 2.16. The summed E-state index contributed by atoms with van der Waals surface area (Å²) in [4.78, 5) is 37.7. The molecule has 4 rings (SSSR count). The van der Waals surface area contributed by atoms with Crippen LogP contribution < -0.4 is 16.3 Å². The van der Waals surface area contributed by atoms with E-state index in [2.05, 4.69) is 5.32 Å². The third-order valence-electron chi connectivity index (χ3n) is 4.63. The van der Waals surface area contributed by atoms with Gasteiger partial charge >= 0.3 is 0 Å². The number of rotatable bonds is 4. The van der Waals surface area contributed by atoms with E-state index in [4.69, 9.17) is 0 Å². The Balaban J connectivity index is 1.72. The first-order valence-electron chi connectivity index (χ1n) is 9.02. The van der Waals surface area contributed by atoms with E-state index in [-0.39, 0.29) is 23.6 Å². The van der Waals surface area contributed by atoms with Gasteiger partial charge in [0, 0.05) is 24.2 Å². The van der Waals surface area contributed by atoms with Crippen LogP contribution in [0.1, 0.15) is 15.9 Å². The number of hydrogen-bond acceptors (Lipinski definition) is 4. The number of aromatic hydroxyl groups is 1. The summed E-state index contributed by atoms with van der Waals surface area (Å²) >= 11 is 0. The molecule has 0 unspecified atom stereocenters. The van der Waals surface area contributed by atoms with Crippen molar-refractivity contribution >= 4 is 17.1 Å². The van der Waals surface area contributed by atoms with E-state index in [9.17, 15) is 23.9 Å². The Morgan fingerprint density at radius 3 is 2.40 bits per heavy atom. The van der Waals surface area contributed by atoms with Crippen molar-refractivity contribution in [3.05, 3.63) is 111 Å². The van der Waals surface area contributed by atoms with Gasteiger partial charge in [-0.15, -0.1) is 0 Å². The number of pyridine rings is 1. The predicted octanol–water partition coefficient (Wildman–Crippen LogP) is 2.61. The van der Waals surface area contributed by atoms with E-state index < -0.39 is 22.6 Å². The van der Waals surface area contributed by atoms with Gasteiger partial charge in [0.25, 0.3) is 11.5 Å². The Morgan fingerprint density at radius 2 is 1.70 bits per heavy atom. The van der Waals surface area contributed by atoms with Crippen molar-refractivity contribution in [2.24, 2.45) is 0 Å². The summed E-state index contributed by atoms with van der Waals surface area (Å²) in [5, 5.41) is 12.8. The first-order chi connectivity index (χ1) is 14.4. The van der Waals surface area contributed by atoms with E-state index >= 15 is 0 Å². The normalized spacial score (nSPS) is 10.8. The first-order valence-corrected chi connectivity index (χ1v) is 9.02. The molecule has 0 aliphatic rings. The standard InChI is InChI=1S/C22H16FN3O4/c23-16-8-6-14(7-9-16)12-26-11-10-25-13-17(19(27)20(28)18(25)22(26)30)24-21(29)15-4-2-1-3-5-15/h1-11,13,28H,12H2,(H,24,29). The molecule has 0 saturated heterocycles. The molecule has 30 heavy (non-hydrogen) atoms. The maximum Gasteiger partial charge on any atom is 0.279 e. The molecule has 0 aliphatic carbocycles. The van der Waals surface area contributed by atoms with Crippen molar-refractivity contribution in [2.45, 2.75) is 6.54 Å². The molecule has 2 heterocycles. The maximum atomic E-state index is 13.1. The molecule has 0 radical (unpaired) electrons. The van der Waals surface area contributed by atoms with E-state index in [1.807, 2.05) is 0 Å². The van der Waals surface area contributed by atoms with Crippen LogP contribution in [0.25, 0.3) is 5.52 Å². The Kier molecular flexibility index (Phi) is 4.89. The van der Waals surface area contributed by atoms with Crippen molar-refractivity contribution in [1.29, 1.82) is 0 Å². The van der Waals surface area contributed by atoms with Crippen LogP contribution in [0.2, 0.25) is 0 Å². The number of amides is 1. The molecule has 2 aromatic heterocycles. The number of halogens is 1. The van der Waals surface area contributed by atoms with Gasteiger partial charge in [0.15, 0.2) is 11.3 Å². The maximum absolute atomic E-state index is 13.1. The monoisotopic (exact) mass is 405 g/mol. The predicted molar refractivity (Wildman–Crippen MR) is 109 cm³/mol. The third kappa shape index (κ3) is 3.58. The summed E-state index contributed by atoms with van der Waals surface area (Å²) in [6.07, 6.45) is 4.24. The number of carbonyl (C=O) groups excluding carboxylic acids is 1. The molecule has 0 bridgehead atoms. The number of anilines is 1. The molecule has 150 valence electrons. The van der Waals surface area contributed by atoms with Crippen LogP contribution in [-0.4, -0.2) is 20.0 Å². The van der Waals surface area contributed by atoms with Gasteiger partial charge in [0.2, 0.25) is 5.43 Å². The second-order valence-corrected chi connectivity index (χ2v) is 6.65. The largest absolute Gasteiger partial charge is 0.502 e. The summed E-state index contributed by atoms with van der Waals surface area (Å²) in [6.45, 7) is 0.135. The molecule has 0 saturated carbocycles. The number of fused-ring (bicyclic) bond motifs is 1. The van der Waals surface area contributed by atoms with Crippen LogP contribution >= 0.6 is 0 Å². The minimum Gasteiger partial charge on any atom is -0.502 e. The van der Waals surface area contributed by atoms with Gasteiger partial charge in [-0.05, 0) is 29.8 Å². The molecule has 0 spiro atoms. The number of hydrogen-bond donors (Lipinski definition) is 2. The fraction of sp³-hybridized carbons (Fsp3) is 0.0455. The fourth-order valence-corrected chi connectivity index (χ4v) is 3.09. The van der Waals surface area contributed by atoms with Crippen molar-refractivity contribution < 1.29 is 14.3 Å². The molecule has 2 N–H and O–H groups in total. The third-order valence-corrected chi connectivity index (χ3v) is 4.63. The lowest BCUT2D eigenvalue weighted by Gasteiger charge is -2.11. The highest BCUT2D eigenvalue weighted by atomic mass is 19.1. The van der Waals surface area contributed by atoms with E-state index in [1.165, 1.54) is 39.7 Å². The number of nitrogens with one attached hydrogen (secondary N) is 1. The van der Waals surface area contributed by atoms with Gasteiger partial charge in [-0.1, -0.05) is 30.3 Å². The van der Waals surface area contributed by atoms with Gasteiger partial charge in [-0.2, -0.15) is 0 Å². The quantitative estimate of drug-likeness (QED) is 0.546. The van der Waals surface area contributed by atoms with E-state index in [1.54, 1.807) is 42.5 Å². The van der Waals surface area contributed by atoms with Crippen LogP contribution in [0.15, 0.2) is 82.8 Å². The van der Waals surface area contributed by atoms with Crippen LogP contribution in [-0.2, 0) is 6.54 Å². The Bertz CT molecular complexity index is 1360. The molecule has 7 nitrogen and oxygen atoms in total. The summed E-state index contributed by atoms with van der Waals surface area (Å²) in [5.41, 5.74) is -0.822. The minimum atomic E-state index is -0.865. The molecule has 0 fully saturated rings. The Labute approximate surface area is 169 Å². The highest BCUT2D eigenvalue weighted by molar-refractivity contribution is 6.04. The van der Waals surface area contributed by atoms with Gasteiger partial charge < -0.3 is 19.4 Å². The van der Waals surface area contributed by atoms with Crippen LogP contribution in [0.4, 0.5) is 10.1 Å². The smallest absolute Gasteiger partial charge is 0.279 e. The second kappa shape index (κ2) is 7.67. The molecule has 0 atom stereocenters. The molecule has 0 aliphatic heterocycles. The molecule has 4 aromatic rings. The zero-order valence-corrected chi connectivity index (χ0v) is 15.6. The van der Waals surface area contributed by atoms with Crippen molar-refractivity contribution in [1.82, 2.24) is 8.97 Å². The van der Waals surface area contributed by atoms with Gasteiger partial charge in [0.05, 0.1) is 6.54 Å². The first kappa shape index (κ1) is 19.1. The molecular formula is C22H16FN3O4. The number of benzene rings is 2. The lowest BCUT2D eigenvalue weighted by atomic mass is 10.2. The van der Waals surface area contributed by atoms with Crippen molar-refractivity contribution in [2.75, 3.05) is 5.32 Å². The average Bonchev–Trinajstić information content (AvgIpc) is 2.75. The number of nitrogens with zero attached hydrogens (tertiary/aromatic N) is 2. The lowest BCUT2D eigenvalue weighted by molar-refractivity contribution is 0.102. The second-order valence-electron chi connectivity index (χ2n) is 6.65. The summed E-state index contributed by atoms with van der Waals surface area (Å²) < 4.78 is 15.7. The number of carbonyl (C=O) groups is 1. The number of aromatic nitrogens is 2. The van der Waals surface area contributed by atoms with E-state index in [0.29, 0.717) is 11.1 Å². The molecule has 8 heteroatoms. The minimum absolute atomic E-state index is 0.135. The Hall–Kier alpha value is -4.20. The molecular weight excluding hydrogens is 389 g/mol. The molecule has 1 amide bonds. The van der Waals surface area contributed by atoms with Gasteiger partial charge in [-0.25, -0.2) is 4.39 Å². The Morgan fingerprint density at radius 1 is 1.00 bits per heavy atom. The van der Waals surface area contributed by atoms with Crippen LogP contribution in [0, 0.1) is 5.82 Å². The van der Waals surface area contributed by atoms with Crippen LogP contribution in [0.3, 0.4) is 0 Å². The van der Waals surface area contributed by atoms with Gasteiger partial charge in [0.1, 0.15) is 11.5 Å². The summed E-state index contributed by atoms with van der Waals surface area (Å²) in [5.74, 6) is -1.67.